The predicted molar refractivity (Wildman–Crippen MR) is 127 cm³/mol. The Morgan fingerprint density at radius 1 is 1.20 bits per heavy atom. The molecule has 4 heterocycles. The number of aromatic amines is 1. The summed E-state index contributed by atoms with van der Waals surface area (Å²) in [5.74, 6) is 0.418. The maximum atomic E-state index is 12.6. The van der Waals surface area contributed by atoms with Crippen LogP contribution in [0.15, 0.2) is 26.1 Å². The summed E-state index contributed by atoms with van der Waals surface area (Å²) in [6.07, 6.45) is 4.91. The minimum atomic E-state index is -0.142. The van der Waals surface area contributed by atoms with Crippen molar-refractivity contribution in [2.24, 2.45) is 0 Å². The smallest absolute Gasteiger partial charge is 0.259 e. The molecule has 1 aliphatic rings. The van der Waals surface area contributed by atoms with Gasteiger partial charge in [-0.15, -0.1) is 34.0 Å². The highest BCUT2D eigenvalue weighted by Gasteiger charge is 2.20. The van der Waals surface area contributed by atoms with Crippen LogP contribution in [-0.2, 0) is 24.1 Å². The molecule has 0 aromatic carbocycles. The number of halogens is 1. The molecule has 0 atom stereocenters. The van der Waals surface area contributed by atoms with E-state index in [4.69, 9.17) is 0 Å². The molecule has 0 spiro atoms. The van der Waals surface area contributed by atoms with Gasteiger partial charge in [0.2, 0.25) is 5.91 Å². The average molecular weight is 521 g/mol. The molecule has 6 nitrogen and oxygen atoms in total. The van der Waals surface area contributed by atoms with Gasteiger partial charge in [0.25, 0.3) is 5.56 Å². The number of hydrogen-bond donors (Lipinski definition) is 2. The normalized spacial score (nSPS) is 13.5. The van der Waals surface area contributed by atoms with Crippen LogP contribution in [0.1, 0.15) is 35.5 Å². The van der Waals surface area contributed by atoms with Crippen LogP contribution in [-0.4, -0.2) is 20.9 Å². The van der Waals surface area contributed by atoms with Crippen molar-refractivity contribution in [1.82, 2.24) is 15.0 Å². The monoisotopic (exact) mass is 520 g/mol. The first kappa shape index (κ1) is 20.0. The Balaban J connectivity index is 1.26. The van der Waals surface area contributed by atoms with Gasteiger partial charge >= 0.3 is 0 Å². The Labute approximate surface area is 192 Å². The van der Waals surface area contributed by atoms with E-state index in [9.17, 15) is 9.59 Å². The van der Waals surface area contributed by atoms with Gasteiger partial charge in [0.1, 0.15) is 10.7 Å². The number of amides is 1. The van der Waals surface area contributed by atoms with Crippen LogP contribution in [0.5, 0.6) is 0 Å². The summed E-state index contributed by atoms with van der Waals surface area (Å²) in [5.41, 5.74) is 1.95. The molecule has 0 bridgehead atoms. The lowest BCUT2D eigenvalue weighted by molar-refractivity contribution is -0.116. The van der Waals surface area contributed by atoms with Crippen LogP contribution >= 0.6 is 49.9 Å². The molecule has 0 fully saturated rings. The summed E-state index contributed by atoms with van der Waals surface area (Å²) >= 11 is 8.06. The van der Waals surface area contributed by atoms with E-state index in [-0.39, 0.29) is 17.9 Å². The van der Waals surface area contributed by atoms with Gasteiger partial charge in [-0.25, -0.2) is 9.97 Å². The zero-order valence-electron chi connectivity index (χ0n) is 15.8. The first-order valence-electron chi connectivity index (χ1n) is 9.60. The van der Waals surface area contributed by atoms with Crippen molar-refractivity contribution in [3.05, 3.63) is 47.9 Å². The van der Waals surface area contributed by atoms with Crippen molar-refractivity contribution in [2.45, 2.75) is 38.5 Å². The summed E-state index contributed by atoms with van der Waals surface area (Å²) < 4.78 is 1.02. The van der Waals surface area contributed by atoms with Gasteiger partial charge in [-0.3, -0.25) is 9.59 Å². The number of thiophene rings is 2. The number of aromatic nitrogens is 3. The predicted octanol–water partition coefficient (Wildman–Crippen LogP) is 5.38. The molecule has 10 heteroatoms. The third-order valence-corrected chi connectivity index (χ3v) is 8.69. The van der Waals surface area contributed by atoms with Crippen LogP contribution in [0.2, 0.25) is 0 Å². The second-order valence-corrected chi connectivity index (χ2v) is 10.9. The Morgan fingerprint density at radius 2 is 2.07 bits per heavy atom. The molecule has 0 aliphatic heterocycles. The molecule has 4 aromatic heterocycles. The van der Waals surface area contributed by atoms with Gasteiger partial charge in [-0.2, -0.15) is 0 Å². The molecule has 1 amide bonds. The fourth-order valence-corrected chi connectivity index (χ4v) is 7.10. The Morgan fingerprint density at radius 3 is 2.90 bits per heavy atom. The van der Waals surface area contributed by atoms with E-state index in [1.54, 1.807) is 22.7 Å². The zero-order valence-corrected chi connectivity index (χ0v) is 19.8. The molecule has 5 rings (SSSR count). The third-order valence-electron chi connectivity index (χ3n) is 5.03. The van der Waals surface area contributed by atoms with Crippen LogP contribution in [0.3, 0.4) is 0 Å². The fraction of sp³-hybridized carbons (Fsp3) is 0.300. The van der Waals surface area contributed by atoms with Crippen LogP contribution in [0.4, 0.5) is 5.13 Å². The van der Waals surface area contributed by atoms with Crippen LogP contribution in [0.25, 0.3) is 20.8 Å². The van der Waals surface area contributed by atoms with E-state index in [2.05, 4.69) is 36.2 Å². The lowest BCUT2D eigenvalue weighted by atomic mass is 9.97. The first-order valence-corrected chi connectivity index (χ1v) is 13.0. The molecule has 4 aromatic rings. The molecular weight excluding hydrogens is 504 g/mol. The van der Waals surface area contributed by atoms with Gasteiger partial charge in [0.15, 0.2) is 5.13 Å². The zero-order chi connectivity index (χ0) is 20.7. The van der Waals surface area contributed by atoms with Crippen LogP contribution < -0.4 is 10.9 Å². The van der Waals surface area contributed by atoms with Crippen molar-refractivity contribution in [2.75, 3.05) is 5.32 Å². The van der Waals surface area contributed by atoms with Crippen molar-refractivity contribution >= 4 is 71.2 Å². The van der Waals surface area contributed by atoms with Gasteiger partial charge in [0.05, 0.1) is 16.0 Å². The number of H-pyrrole nitrogens is 1. The second-order valence-electron chi connectivity index (χ2n) is 7.12. The average Bonchev–Trinajstić information content (AvgIpc) is 3.44. The summed E-state index contributed by atoms with van der Waals surface area (Å²) in [4.78, 5) is 40.1. The highest BCUT2D eigenvalue weighted by atomic mass is 79.9. The minimum absolute atomic E-state index is 0.0820. The first-order chi connectivity index (χ1) is 14.6. The summed E-state index contributed by atoms with van der Waals surface area (Å²) in [6, 6.07) is 2.01. The minimum Gasteiger partial charge on any atom is -0.310 e. The van der Waals surface area contributed by atoms with Gasteiger partial charge < -0.3 is 10.3 Å². The fourth-order valence-electron chi connectivity index (χ4n) is 3.63. The number of thiazole rings is 1. The number of nitrogens with one attached hydrogen (secondary N) is 2. The van der Waals surface area contributed by atoms with Crippen molar-refractivity contribution in [3.63, 3.8) is 0 Å². The van der Waals surface area contributed by atoms with Gasteiger partial charge in [-0.1, -0.05) is 0 Å². The van der Waals surface area contributed by atoms with E-state index in [0.29, 0.717) is 17.4 Å². The number of hydrogen-bond acceptors (Lipinski definition) is 7. The molecule has 154 valence electrons. The van der Waals surface area contributed by atoms with Gasteiger partial charge in [0, 0.05) is 33.0 Å². The third kappa shape index (κ3) is 4.01. The number of nitrogens with zero attached hydrogens (tertiary/aromatic N) is 2. The van der Waals surface area contributed by atoms with E-state index in [1.165, 1.54) is 28.2 Å². The summed E-state index contributed by atoms with van der Waals surface area (Å²) in [7, 11) is 0. The Kier molecular flexibility index (Phi) is 5.57. The topological polar surface area (TPSA) is 87.7 Å². The van der Waals surface area contributed by atoms with Crippen molar-refractivity contribution in [1.29, 1.82) is 0 Å². The summed E-state index contributed by atoms with van der Waals surface area (Å²) in [5, 5.41) is 8.10. The lowest BCUT2D eigenvalue weighted by Crippen LogP contribution is -2.16. The number of rotatable bonds is 5. The summed E-state index contributed by atoms with van der Waals surface area (Å²) in [6.45, 7) is 0. The number of anilines is 1. The standard InChI is InChI=1S/C20H17BrN4O2S3/c21-10-7-14(28-8-10)12-9-29-20(22-12)25-16(26)6-5-15-23-18(27)17-11-3-1-2-4-13(11)30-19(17)24-15/h7-9H,1-6H2,(H,22,25,26)(H,23,24,27). The maximum Gasteiger partial charge on any atom is 0.259 e. The highest BCUT2D eigenvalue weighted by Crippen LogP contribution is 2.34. The molecule has 30 heavy (non-hydrogen) atoms. The molecule has 0 saturated heterocycles. The van der Waals surface area contributed by atoms with Crippen molar-refractivity contribution in [3.8, 4) is 10.6 Å². The van der Waals surface area contributed by atoms with Crippen molar-refractivity contribution < 1.29 is 4.79 Å². The second kappa shape index (κ2) is 8.33. The van der Waals surface area contributed by atoms with E-state index < -0.39 is 0 Å². The SMILES string of the molecule is O=C(CCc1nc2sc3c(c2c(=O)[nH]1)CCCC3)Nc1nc(-c2cc(Br)cs2)cs1. The molecule has 2 N–H and O–H groups in total. The van der Waals surface area contributed by atoms with E-state index >= 15 is 0 Å². The quantitative estimate of drug-likeness (QED) is 0.369. The Hall–Kier alpha value is -1.88. The number of fused-ring (bicyclic) bond motifs is 3. The largest absolute Gasteiger partial charge is 0.310 e. The molecule has 0 radical (unpaired) electrons. The van der Waals surface area contributed by atoms with Gasteiger partial charge in [-0.05, 0) is 53.2 Å². The van der Waals surface area contributed by atoms with E-state index in [1.807, 2.05) is 16.8 Å². The molecule has 1 aliphatic carbocycles. The number of carbonyl (C=O) groups is 1. The van der Waals surface area contributed by atoms with Crippen LogP contribution in [0, 0.1) is 0 Å². The Bertz CT molecular complexity index is 1300. The number of aryl methyl sites for hydroxylation is 3. The number of carbonyl (C=O) groups excluding carboxylic acids is 1. The highest BCUT2D eigenvalue weighted by molar-refractivity contribution is 9.10. The molecule has 0 saturated carbocycles. The molecular formula is C20H17BrN4O2S3. The molecule has 0 unspecified atom stereocenters. The van der Waals surface area contributed by atoms with E-state index in [0.717, 1.165) is 44.5 Å². The lowest BCUT2D eigenvalue weighted by Gasteiger charge is -2.09. The maximum absolute atomic E-state index is 12.6.